The van der Waals surface area contributed by atoms with Crippen LogP contribution in [0.2, 0.25) is 0 Å². The van der Waals surface area contributed by atoms with Crippen molar-refractivity contribution in [2.24, 2.45) is 0 Å². The van der Waals surface area contributed by atoms with Crippen molar-refractivity contribution in [1.29, 1.82) is 0 Å². The SMILES string of the molecule is CC(C)c1cccc(C(C)C)c1[N-]C(=O)c1cccc2ccc(-c3cccc4c3C(Nc3ccccc3)CCC4)nc12.[CH3-].[CH3-].[Hf]. The molecule has 0 radical (unpaired) electrons. The van der Waals surface area contributed by atoms with Gasteiger partial charge in [0, 0.05) is 48.0 Å². The number of nitrogens with one attached hydrogen (secondary N) is 1. The summed E-state index contributed by atoms with van der Waals surface area (Å²) in [5.41, 5.74) is 10.00. The Hall–Kier alpha value is -3.57. The molecule has 4 aromatic carbocycles. The average molecular weight is 761 g/mol. The largest absolute Gasteiger partial charge is 0.622 e. The summed E-state index contributed by atoms with van der Waals surface area (Å²) in [6.45, 7) is 8.59. The van der Waals surface area contributed by atoms with E-state index in [-0.39, 0.29) is 64.5 Å². The molecule has 5 aromatic rings. The summed E-state index contributed by atoms with van der Waals surface area (Å²) in [5, 5.41) is 9.47. The van der Waals surface area contributed by atoms with Crippen molar-refractivity contribution >= 4 is 28.2 Å². The second kappa shape index (κ2) is 15.6. The van der Waals surface area contributed by atoms with Gasteiger partial charge < -0.3 is 30.3 Å². The molecular weight excluding hydrogens is 717 g/mol. The van der Waals surface area contributed by atoms with E-state index in [1.807, 2.05) is 24.3 Å². The van der Waals surface area contributed by atoms with Crippen LogP contribution in [0, 0.1) is 14.9 Å². The predicted octanol–water partition coefficient (Wildman–Crippen LogP) is 11.4. The maximum atomic E-state index is 13.9. The molecule has 232 valence electrons. The van der Waals surface area contributed by atoms with Crippen LogP contribution in [0.1, 0.15) is 91.0 Å². The van der Waals surface area contributed by atoms with Crippen molar-refractivity contribution in [3.05, 3.63) is 145 Å². The molecule has 0 saturated carbocycles. The minimum Gasteiger partial charge on any atom is -0.622 e. The maximum absolute atomic E-state index is 13.9. The monoisotopic (exact) mass is 762 g/mol. The Bertz CT molecular complexity index is 1720. The van der Waals surface area contributed by atoms with Gasteiger partial charge in [-0.25, -0.2) is 4.98 Å². The zero-order valence-corrected chi connectivity index (χ0v) is 31.0. The number of hydrogen-bond acceptors (Lipinski definition) is 3. The van der Waals surface area contributed by atoms with Crippen molar-refractivity contribution in [2.75, 3.05) is 5.32 Å². The van der Waals surface area contributed by atoms with E-state index in [1.54, 1.807) is 0 Å². The van der Waals surface area contributed by atoms with Crippen LogP contribution in [-0.2, 0) is 32.3 Å². The summed E-state index contributed by atoms with van der Waals surface area (Å²) in [7, 11) is 0. The van der Waals surface area contributed by atoms with Gasteiger partial charge in [-0.15, -0.1) is 5.69 Å². The van der Waals surface area contributed by atoms with E-state index in [9.17, 15) is 4.79 Å². The van der Waals surface area contributed by atoms with Gasteiger partial charge in [0.2, 0.25) is 0 Å². The minimum atomic E-state index is -0.251. The molecule has 5 heteroatoms. The van der Waals surface area contributed by atoms with E-state index < -0.39 is 0 Å². The fourth-order valence-electron chi connectivity index (χ4n) is 6.26. The molecule has 0 spiro atoms. The third kappa shape index (κ3) is 7.47. The van der Waals surface area contributed by atoms with Crippen molar-refractivity contribution in [1.82, 2.24) is 4.98 Å². The van der Waals surface area contributed by atoms with Crippen molar-refractivity contribution in [3.63, 3.8) is 0 Å². The van der Waals surface area contributed by atoms with Gasteiger partial charge in [-0.2, -0.15) is 0 Å². The fraction of sp³-hybridized carbons (Fsp3) is 0.250. The molecule has 1 amide bonds. The van der Waals surface area contributed by atoms with Crippen LogP contribution in [0.5, 0.6) is 0 Å². The number of carbonyl (C=O) groups is 1. The molecule has 0 aliphatic heterocycles. The summed E-state index contributed by atoms with van der Waals surface area (Å²) >= 11 is 0. The number of nitrogens with zero attached hydrogens (tertiary/aromatic N) is 2. The molecule has 1 unspecified atom stereocenters. The molecule has 1 heterocycles. The van der Waals surface area contributed by atoms with Crippen LogP contribution in [0.4, 0.5) is 11.4 Å². The van der Waals surface area contributed by atoms with Gasteiger partial charge in [0.15, 0.2) is 0 Å². The fourth-order valence-corrected chi connectivity index (χ4v) is 6.26. The summed E-state index contributed by atoms with van der Waals surface area (Å²) in [6, 6.07) is 33.4. The van der Waals surface area contributed by atoms with E-state index >= 15 is 0 Å². The van der Waals surface area contributed by atoms with Gasteiger partial charge in [-0.3, -0.25) is 0 Å². The van der Waals surface area contributed by atoms with E-state index in [2.05, 4.69) is 106 Å². The Balaban J connectivity index is 0.00000184. The number of benzene rings is 4. The van der Waals surface area contributed by atoms with E-state index in [0.29, 0.717) is 11.1 Å². The number of aryl methyl sites for hydroxylation is 1. The van der Waals surface area contributed by atoms with E-state index in [1.165, 1.54) is 11.1 Å². The second-order valence-corrected chi connectivity index (χ2v) is 11.9. The van der Waals surface area contributed by atoms with Crippen molar-refractivity contribution in [3.8, 4) is 11.3 Å². The number of fused-ring (bicyclic) bond motifs is 2. The Kier molecular flexibility index (Phi) is 12.5. The predicted molar refractivity (Wildman–Crippen MR) is 188 cm³/mol. The van der Waals surface area contributed by atoms with Crippen LogP contribution < -0.4 is 5.32 Å². The number of rotatable bonds is 7. The van der Waals surface area contributed by atoms with Crippen molar-refractivity contribution in [2.45, 2.75) is 64.8 Å². The van der Waals surface area contributed by atoms with Gasteiger partial charge in [0.1, 0.15) is 0 Å². The van der Waals surface area contributed by atoms with Crippen molar-refractivity contribution < 1.29 is 30.6 Å². The molecule has 6 rings (SSSR count). The van der Waals surface area contributed by atoms with Crippen LogP contribution >= 0.6 is 0 Å². The first-order valence-electron chi connectivity index (χ1n) is 15.1. The summed E-state index contributed by atoms with van der Waals surface area (Å²) in [6.07, 6.45) is 3.25. The maximum Gasteiger partial charge on any atom is 0.0875 e. The van der Waals surface area contributed by atoms with E-state index in [4.69, 9.17) is 10.3 Å². The molecule has 45 heavy (non-hydrogen) atoms. The average Bonchev–Trinajstić information content (AvgIpc) is 3.00. The Morgan fingerprint density at radius 3 is 2.16 bits per heavy atom. The van der Waals surface area contributed by atoms with Gasteiger partial charge in [-0.1, -0.05) is 118 Å². The van der Waals surface area contributed by atoms with Gasteiger partial charge in [0.05, 0.1) is 23.2 Å². The summed E-state index contributed by atoms with van der Waals surface area (Å²) in [5.74, 6) is 0.266. The van der Waals surface area contributed by atoms with Crippen LogP contribution in [0.25, 0.3) is 27.5 Å². The smallest absolute Gasteiger partial charge is 0.0875 e. The molecular formula is C40H44HfN3O-3. The third-order valence-electron chi connectivity index (χ3n) is 8.38. The Morgan fingerprint density at radius 2 is 1.47 bits per heavy atom. The molecule has 1 aliphatic rings. The zero-order valence-electron chi connectivity index (χ0n) is 27.4. The van der Waals surface area contributed by atoms with Gasteiger partial charge >= 0.3 is 0 Å². The number of hydrogen-bond donors (Lipinski definition) is 1. The molecule has 0 fully saturated rings. The molecule has 0 bridgehead atoms. The van der Waals surface area contributed by atoms with Crippen LogP contribution in [0.3, 0.4) is 0 Å². The number of pyridine rings is 1. The molecule has 4 nitrogen and oxygen atoms in total. The Labute approximate surface area is 288 Å². The Morgan fingerprint density at radius 1 is 0.800 bits per heavy atom. The van der Waals surface area contributed by atoms with E-state index in [0.717, 1.165) is 58.4 Å². The van der Waals surface area contributed by atoms with Gasteiger partial charge in [0.25, 0.3) is 0 Å². The third-order valence-corrected chi connectivity index (χ3v) is 8.38. The number of anilines is 1. The standard InChI is InChI=1S/C38H39N3O.2CH3.Hf/c1-24(2)29-17-11-18-30(25(3)4)37(29)41-38(42)32-20-9-14-27-22-23-33(40-36(27)32)31-19-8-12-26-13-10-21-34(35(26)31)39-28-15-6-5-7-16-28;;;/h5-9,11-12,14-20,22-25,34,39H,10,13,21H2,1-4H3,(H,41,42);2*1H3;/q;2*-1;/p-1. The summed E-state index contributed by atoms with van der Waals surface area (Å²) in [4.78, 5) is 19.1. The molecule has 1 aliphatic carbocycles. The molecule has 1 atom stereocenters. The minimum absolute atomic E-state index is 0. The number of amides is 1. The second-order valence-electron chi connectivity index (χ2n) is 11.9. The number of carbonyl (C=O) groups excluding carboxylic acids is 1. The normalized spacial score (nSPS) is 13.7. The quantitative estimate of drug-likeness (QED) is 0.133. The summed E-state index contributed by atoms with van der Waals surface area (Å²) < 4.78 is 0. The van der Waals surface area contributed by atoms with Gasteiger partial charge in [-0.05, 0) is 60.4 Å². The molecule has 1 N–H and O–H groups in total. The zero-order chi connectivity index (χ0) is 29.2. The molecule has 1 aromatic heterocycles. The number of para-hydroxylation sites is 3. The van der Waals surface area contributed by atoms with Crippen LogP contribution in [0.15, 0.2) is 97.1 Å². The van der Waals surface area contributed by atoms with Crippen LogP contribution in [-0.4, -0.2) is 10.9 Å². The first-order valence-corrected chi connectivity index (χ1v) is 15.1. The first kappa shape index (κ1) is 35.9. The first-order chi connectivity index (χ1) is 20.4. The molecule has 0 saturated heterocycles. The number of aromatic nitrogens is 1. The topological polar surface area (TPSA) is 56.1 Å².